The third-order valence-corrected chi connectivity index (χ3v) is 4.91. The number of amides is 2. The molecule has 6 nitrogen and oxygen atoms in total. The predicted octanol–water partition coefficient (Wildman–Crippen LogP) is 3.04. The predicted molar refractivity (Wildman–Crippen MR) is 105 cm³/mol. The summed E-state index contributed by atoms with van der Waals surface area (Å²) in [5.41, 5.74) is 3.06. The first-order chi connectivity index (χ1) is 13.0. The Hall–Kier alpha value is -3.02. The first-order valence-corrected chi connectivity index (χ1v) is 9.17. The van der Waals surface area contributed by atoms with Gasteiger partial charge in [-0.3, -0.25) is 4.79 Å². The van der Waals surface area contributed by atoms with Crippen molar-refractivity contribution in [3.63, 3.8) is 0 Å². The Morgan fingerprint density at radius 2 is 1.63 bits per heavy atom. The number of anilines is 1. The van der Waals surface area contributed by atoms with Crippen LogP contribution in [0.3, 0.4) is 0 Å². The van der Waals surface area contributed by atoms with Crippen molar-refractivity contribution in [3.05, 3.63) is 65.7 Å². The Labute approximate surface area is 159 Å². The third-order valence-electron chi connectivity index (χ3n) is 4.91. The number of aryl methyl sites for hydroxylation is 1. The van der Waals surface area contributed by atoms with E-state index in [1.165, 1.54) is 0 Å². The number of piperazine rings is 1. The fourth-order valence-electron chi connectivity index (χ4n) is 3.36. The molecule has 6 heteroatoms. The second-order valence-electron chi connectivity index (χ2n) is 6.82. The van der Waals surface area contributed by atoms with Crippen LogP contribution in [0.5, 0.6) is 0 Å². The lowest BCUT2D eigenvalue weighted by Gasteiger charge is -2.36. The summed E-state index contributed by atoms with van der Waals surface area (Å²) in [6, 6.07) is 17.2. The molecule has 142 valence electrons. The minimum Gasteiger partial charge on any atom is -0.465 e. The molecule has 0 bridgehead atoms. The molecule has 1 atom stereocenters. The molecule has 1 aliphatic rings. The Morgan fingerprint density at radius 1 is 1.00 bits per heavy atom. The lowest BCUT2D eigenvalue weighted by atomic mass is 10.0. The minimum absolute atomic E-state index is 0.0259. The highest BCUT2D eigenvalue weighted by atomic mass is 16.4. The smallest absolute Gasteiger partial charge is 0.405 e. The Balaban J connectivity index is 1.61. The number of hydrogen-bond acceptors (Lipinski definition) is 3. The van der Waals surface area contributed by atoms with Crippen molar-refractivity contribution in [2.24, 2.45) is 0 Å². The van der Waals surface area contributed by atoms with E-state index in [9.17, 15) is 9.59 Å². The molecule has 0 spiro atoms. The van der Waals surface area contributed by atoms with Gasteiger partial charge in [-0.05, 0) is 24.6 Å². The van der Waals surface area contributed by atoms with Gasteiger partial charge in [-0.15, -0.1) is 0 Å². The van der Waals surface area contributed by atoms with Crippen LogP contribution >= 0.6 is 0 Å². The molecule has 2 amide bonds. The molecule has 2 N–H and O–H groups in total. The van der Waals surface area contributed by atoms with Crippen molar-refractivity contribution in [2.45, 2.75) is 19.4 Å². The molecule has 1 aliphatic heterocycles. The van der Waals surface area contributed by atoms with Crippen molar-refractivity contribution in [2.75, 3.05) is 31.1 Å². The Bertz CT molecular complexity index is 769. The van der Waals surface area contributed by atoms with Crippen LogP contribution in [0.4, 0.5) is 10.5 Å². The molecule has 3 rings (SSSR count). The minimum atomic E-state index is -1.12. The maximum absolute atomic E-state index is 12.7. The number of carbonyl (C=O) groups is 2. The van der Waals surface area contributed by atoms with Crippen LogP contribution in [0.1, 0.15) is 23.6 Å². The van der Waals surface area contributed by atoms with Gasteiger partial charge in [0.25, 0.3) is 0 Å². The summed E-state index contributed by atoms with van der Waals surface area (Å²) < 4.78 is 0. The van der Waals surface area contributed by atoms with Crippen LogP contribution in [-0.2, 0) is 4.79 Å². The zero-order valence-electron chi connectivity index (χ0n) is 15.5. The quantitative estimate of drug-likeness (QED) is 0.852. The summed E-state index contributed by atoms with van der Waals surface area (Å²) in [5, 5.41) is 11.6. The molecule has 27 heavy (non-hydrogen) atoms. The highest BCUT2D eigenvalue weighted by Crippen LogP contribution is 2.21. The normalized spacial score (nSPS) is 15.3. The molecular formula is C21H25N3O3. The van der Waals surface area contributed by atoms with Crippen LogP contribution in [0.25, 0.3) is 0 Å². The second kappa shape index (κ2) is 8.58. The number of hydrogen-bond donors (Lipinski definition) is 2. The summed E-state index contributed by atoms with van der Waals surface area (Å²) in [6.07, 6.45) is -0.997. The van der Waals surface area contributed by atoms with E-state index in [0.717, 1.165) is 29.9 Å². The van der Waals surface area contributed by atoms with Gasteiger partial charge < -0.3 is 20.2 Å². The summed E-state index contributed by atoms with van der Waals surface area (Å²) in [4.78, 5) is 28.0. The number of nitrogens with zero attached hydrogens (tertiary/aromatic N) is 2. The summed E-state index contributed by atoms with van der Waals surface area (Å²) in [7, 11) is 0. The SMILES string of the molecule is Cc1ccc(C(CC(=O)N2CCN(c3ccccc3)CC2)NC(=O)O)cc1. The average Bonchev–Trinajstić information content (AvgIpc) is 2.68. The van der Waals surface area contributed by atoms with Gasteiger partial charge in [-0.25, -0.2) is 4.79 Å². The topological polar surface area (TPSA) is 72.9 Å². The zero-order valence-corrected chi connectivity index (χ0v) is 15.5. The monoisotopic (exact) mass is 367 g/mol. The van der Waals surface area contributed by atoms with Gasteiger partial charge in [0.05, 0.1) is 12.5 Å². The summed E-state index contributed by atoms with van der Waals surface area (Å²) in [5.74, 6) is -0.0259. The van der Waals surface area contributed by atoms with E-state index < -0.39 is 12.1 Å². The van der Waals surface area contributed by atoms with Gasteiger partial charge in [0, 0.05) is 31.9 Å². The van der Waals surface area contributed by atoms with E-state index in [2.05, 4.69) is 22.3 Å². The fraction of sp³-hybridized carbons (Fsp3) is 0.333. The van der Waals surface area contributed by atoms with Gasteiger partial charge in [-0.2, -0.15) is 0 Å². The van der Waals surface area contributed by atoms with E-state index in [4.69, 9.17) is 5.11 Å². The largest absolute Gasteiger partial charge is 0.465 e. The van der Waals surface area contributed by atoms with E-state index in [-0.39, 0.29) is 12.3 Å². The summed E-state index contributed by atoms with van der Waals surface area (Å²) >= 11 is 0. The number of rotatable bonds is 5. The number of carboxylic acid groups (broad SMARTS) is 1. The molecule has 1 fully saturated rings. The second-order valence-corrected chi connectivity index (χ2v) is 6.82. The highest BCUT2D eigenvalue weighted by molar-refractivity contribution is 5.78. The fourth-order valence-corrected chi connectivity index (χ4v) is 3.36. The molecule has 0 saturated carbocycles. The summed E-state index contributed by atoms with van der Waals surface area (Å²) in [6.45, 7) is 4.80. The molecule has 2 aromatic rings. The van der Waals surface area contributed by atoms with Gasteiger partial charge >= 0.3 is 6.09 Å². The zero-order chi connectivity index (χ0) is 19.2. The molecule has 0 radical (unpaired) electrons. The molecule has 1 unspecified atom stereocenters. The highest BCUT2D eigenvalue weighted by Gasteiger charge is 2.25. The molecule has 1 saturated heterocycles. The van der Waals surface area contributed by atoms with Gasteiger partial charge in [0.15, 0.2) is 0 Å². The van der Waals surface area contributed by atoms with Crippen molar-refractivity contribution in [1.82, 2.24) is 10.2 Å². The van der Waals surface area contributed by atoms with Crippen LogP contribution in [0.15, 0.2) is 54.6 Å². The van der Waals surface area contributed by atoms with Crippen LogP contribution < -0.4 is 10.2 Å². The maximum Gasteiger partial charge on any atom is 0.405 e. The van der Waals surface area contributed by atoms with Crippen molar-refractivity contribution in [3.8, 4) is 0 Å². The van der Waals surface area contributed by atoms with Crippen LogP contribution in [0.2, 0.25) is 0 Å². The Morgan fingerprint density at radius 3 is 2.22 bits per heavy atom. The number of para-hydroxylation sites is 1. The first kappa shape index (κ1) is 18.8. The Kier molecular flexibility index (Phi) is 5.96. The van der Waals surface area contributed by atoms with E-state index >= 15 is 0 Å². The van der Waals surface area contributed by atoms with Gasteiger partial charge in [-0.1, -0.05) is 48.0 Å². The number of benzene rings is 2. The molecular weight excluding hydrogens is 342 g/mol. The average molecular weight is 367 g/mol. The lowest BCUT2D eigenvalue weighted by Crippen LogP contribution is -2.49. The van der Waals surface area contributed by atoms with Gasteiger partial charge in [0.2, 0.25) is 5.91 Å². The molecule has 1 heterocycles. The van der Waals surface area contributed by atoms with Crippen molar-refractivity contribution >= 4 is 17.7 Å². The van der Waals surface area contributed by atoms with Crippen molar-refractivity contribution in [1.29, 1.82) is 0 Å². The van der Waals surface area contributed by atoms with Gasteiger partial charge in [0.1, 0.15) is 0 Å². The van der Waals surface area contributed by atoms with Crippen molar-refractivity contribution < 1.29 is 14.7 Å². The van der Waals surface area contributed by atoms with Crippen LogP contribution in [-0.4, -0.2) is 48.2 Å². The van der Waals surface area contributed by atoms with E-state index in [1.54, 1.807) is 0 Å². The van der Waals surface area contributed by atoms with Crippen LogP contribution in [0, 0.1) is 6.92 Å². The standard InChI is InChI=1S/C21H25N3O3/c1-16-7-9-17(10-8-16)19(22-21(26)27)15-20(25)24-13-11-23(12-14-24)18-5-3-2-4-6-18/h2-10,19,22H,11-15H2,1H3,(H,26,27). The molecule has 0 aromatic heterocycles. The number of carbonyl (C=O) groups excluding carboxylic acids is 1. The van der Waals surface area contributed by atoms with E-state index in [0.29, 0.717) is 13.1 Å². The number of nitrogens with one attached hydrogen (secondary N) is 1. The maximum atomic E-state index is 12.7. The third kappa shape index (κ3) is 5.00. The molecule has 2 aromatic carbocycles. The molecule has 0 aliphatic carbocycles. The lowest BCUT2D eigenvalue weighted by molar-refractivity contribution is -0.132. The van der Waals surface area contributed by atoms with E-state index in [1.807, 2.05) is 54.3 Å². The first-order valence-electron chi connectivity index (χ1n) is 9.17.